The number of nitrogens with zero attached hydrogens (tertiary/aromatic N) is 3. The lowest BCUT2D eigenvalue weighted by molar-refractivity contribution is 0.155. The van der Waals surface area contributed by atoms with Gasteiger partial charge in [0.05, 0.1) is 24.5 Å². The van der Waals surface area contributed by atoms with Crippen LogP contribution >= 0.6 is 0 Å². The highest BCUT2D eigenvalue weighted by atomic mass is 32.2. The quantitative estimate of drug-likeness (QED) is 0.673. The molecular formula is C12H23N3O3S. The van der Waals surface area contributed by atoms with Crippen molar-refractivity contribution < 1.29 is 13.2 Å². The lowest BCUT2D eigenvalue weighted by Crippen LogP contribution is -2.52. The van der Waals surface area contributed by atoms with E-state index in [0.29, 0.717) is 26.2 Å². The van der Waals surface area contributed by atoms with Crippen molar-refractivity contribution in [3.05, 3.63) is 0 Å². The Morgan fingerprint density at radius 1 is 1.32 bits per heavy atom. The Kier molecular flexibility index (Phi) is 6.72. The van der Waals surface area contributed by atoms with Gasteiger partial charge in [-0.3, -0.25) is 4.90 Å². The Hall–Kier alpha value is -0.680. The van der Waals surface area contributed by atoms with E-state index in [1.54, 1.807) is 0 Å². The number of sulfonamides is 1. The van der Waals surface area contributed by atoms with Gasteiger partial charge in [-0.1, -0.05) is 13.3 Å². The Morgan fingerprint density at radius 2 is 1.95 bits per heavy atom. The minimum atomic E-state index is -3.21. The van der Waals surface area contributed by atoms with E-state index in [0.717, 1.165) is 12.8 Å². The average molecular weight is 289 g/mol. The summed E-state index contributed by atoms with van der Waals surface area (Å²) in [6, 6.07) is 2.21. The maximum Gasteiger partial charge on any atom is 0.216 e. The molecule has 1 rings (SSSR count). The number of hydrogen-bond donors (Lipinski definition) is 0. The molecule has 0 saturated carbocycles. The van der Waals surface area contributed by atoms with Gasteiger partial charge in [0.2, 0.25) is 10.0 Å². The van der Waals surface area contributed by atoms with Crippen LogP contribution in [-0.4, -0.2) is 69.3 Å². The second-order valence-electron chi connectivity index (χ2n) is 4.68. The number of methoxy groups -OCH3 is 1. The number of piperazine rings is 1. The Labute approximate surface area is 116 Å². The number of hydrogen-bond acceptors (Lipinski definition) is 5. The van der Waals surface area contributed by atoms with Crippen molar-refractivity contribution in [2.75, 3.05) is 45.6 Å². The molecule has 0 N–H and O–H groups in total. The predicted octanol–water partition coefficient (Wildman–Crippen LogP) is 0.272. The fraction of sp³-hybridized carbons (Fsp3) is 0.917. The van der Waals surface area contributed by atoms with Gasteiger partial charge >= 0.3 is 0 Å². The molecule has 1 unspecified atom stereocenters. The maximum atomic E-state index is 12.0. The summed E-state index contributed by atoms with van der Waals surface area (Å²) >= 11 is 0. The van der Waals surface area contributed by atoms with Gasteiger partial charge in [-0.2, -0.15) is 9.57 Å². The van der Waals surface area contributed by atoms with E-state index in [2.05, 4.69) is 17.9 Å². The standard InChI is InChI=1S/C12H23N3O3S/c1-3-4-12(11-13)14-5-7-15(8-6-14)19(16,17)10-9-18-2/h12H,3-10H2,1-2H3. The van der Waals surface area contributed by atoms with Crippen LogP contribution in [-0.2, 0) is 14.8 Å². The van der Waals surface area contributed by atoms with Gasteiger partial charge in [0, 0.05) is 33.3 Å². The van der Waals surface area contributed by atoms with E-state index in [-0.39, 0.29) is 18.4 Å². The minimum Gasteiger partial charge on any atom is -0.384 e. The van der Waals surface area contributed by atoms with Crippen LogP contribution in [0.15, 0.2) is 0 Å². The Balaban J connectivity index is 2.51. The average Bonchev–Trinajstić information content (AvgIpc) is 2.43. The summed E-state index contributed by atoms with van der Waals surface area (Å²) in [5.74, 6) is 0.0279. The summed E-state index contributed by atoms with van der Waals surface area (Å²) in [7, 11) is -1.72. The second-order valence-corrected chi connectivity index (χ2v) is 6.77. The molecule has 1 fully saturated rings. The zero-order valence-electron chi connectivity index (χ0n) is 11.7. The van der Waals surface area contributed by atoms with Crippen LogP contribution in [0.2, 0.25) is 0 Å². The van der Waals surface area contributed by atoms with E-state index in [1.807, 2.05) is 0 Å². The predicted molar refractivity (Wildman–Crippen MR) is 73.1 cm³/mol. The van der Waals surface area contributed by atoms with Crippen LogP contribution in [0.1, 0.15) is 19.8 Å². The van der Waals surface area contributed by atoms with E-state index in [4.69, 9.17) is 10.00 Å². The first-order valence-electron chi connectivity index (χ1n) is 6.65. The number of nitriles is 1. The molecule has 19 heavy (non-hydrogen) atoms. The first-order chi connectivity index (χ1) is 9.05. The zero-order valence-corrected chi connectivity index (χ0v) is 12.5. The van der Waals surface area contributed by atoms with E-state index in [1.165, 1.54) is 11.4 Å². The van der Waals surface area contributed by atoms with Crippen molar-refractivity contribution in [2.45, 2.75) is 25.8 Å². The first kappa shape index (κ1) is 16.4. The molecule has 0 aromatic carbocycles. The molecular weight excluding hydrogens is 266 g/mol. The molecule has 1 saturated heterocycles. The molecule has 0 radical (unpaired) electrons. The van der Waals surface area contributed by atoms with Crippen LogP contribution < -0.4 is 0 Å². The summed E-state index contributed by atoms with van der Waals surface area (Å²) in [4.78, 5) is 2.08. The summed E-state index contributed by atoms with van der Waals surface area (Å²) < 4.78 is 30.3. The highest BCUT2D eigenvalue weighted by Crippen LogP contribution is 2.13. The van der Waals surface area contributed by atoms with Crippen molar-refractivity contribution in [1.29, 1.82) is 5.26 Å². The summed E-state index contributed by atoms with van der Waals surface area (Å²) in [6.07, 6.45) is 1.80. The van der Waals surface area contributed by atoms with Gasteiger partial charge in [-0.05, 0) is 6.42 Å². The molecule has 0 aliphatic carbocycles. The molecule has 1 heterocycles. The summed E-state index contributed by atoms with van der Waals surface area (Å²) in [6.45, 7) is 4.46. The third-order valence-corrected chi connectivity index (χ3v) is 5.20. The number of rotatable bonds is 7. The van der Waals surface area contributed by atoms with E-state index < -0.39 is 10.0 Å². The molecule has 0 bridgehead atoms. The molecule has 7 heteroatoms. The van der Waals surface area contributed by atoms with Crippen LogP contribution in [0.25, 0.3) is 0 Å². The van der Waals surface area contributed by atoms with Gasteiger partial charge in [-0.25, -0.2) is 8.42 Å². The van der Waals surface area contributed by atoms with Gasteiger partial charge in [0.15, 0.2) is 0 Å². The van der Waals surface area contributed by atoms with Crippen molar-refractivity contribution in [2.24, 2.45) is 0 Å². The van der Waals surface area contributed by atoms with Crippen molar-refractivity contribution in [3.8, 4) is 6.07 Å². The third kappa shape index (κ3) is 4.73. The molecule has 6 nitrogen and oxygen atoms in total. The lowest BCUT2D eigenvalue weighted by Gasteiger charge is -2.36. The van der Waals surface area contributed by atoms with Crippen LogP contribution in [0.5, 0.6) is 0 Å². The van der Waals surface area contributed by atoms with Crippen LogP contribution in [0.3, 0.4) is 0 Å². The maximum absolute atomic E-state index is 12.0. The highest BCUT2D eigenvalue weighted by molar-refractivity contribution is 7.89. The van der Waals surface area contributed by atoms with Crippen LogP contribution in [0.4, 0.5) is 0 Å². The van der Waals surface area contributed by atoms with Crippen molar-refractivity contribution in [1.82, 2.24) is 9.21 Å². The van der Waals surface area contributed by atoms with E-state index in [9.17, 15) is 8.42 Å². The van der Waals surface area contributed by atoms with Crippen molar-refractivity contribution in [3.63, 3.8) is 0 Å². The summed E-state index contributed by atoms with van der Waals surface area (Å²) in [5.41, 5.74) is 0. The molecule has 0 aromatic heterocycles. The number of ether oxygens (including phenoxy) is 1. The SMILES string of the molecule is CCCC(C#N)N1CCN(S(=O)(=O)CCOC)CC1. The molecule has 1 atom stereocenters. The van der Waals surface area contributed by atoms with Crippen LogP contribution in [0, 0.1) is 11.3 Å². The van der Waals surface area contributed by atoms with Crippen molar-refractivity contribution >= 4 is 10.0 Å². The van der Waals surface area contributed by atoms with Gasteiger partial charge < -0.3 is 4.74 Å². The zero-order chi connectivity index (χ0) is 14.3. The monoisotopic (exact) mass is 289 g/mol. The Bertz CT molecular complexity index is 397. The van der Waals surface area contributed by atoms with Gasteiger partial charge in [0.1, 0.15) is 0 Å². The first-order valence-corrected chi connectivity index (χ1v) is 8.26. The van der Waals surface area contributed by atoms with Gasteiger partial charge in [0.25, 0.3) is 0 Å². The minimum absolute atomic E-state index is 0.0279. The normalized spacial score (nSPS) is 20.1. The molecule has 1 aliphatic heterocycles. The Morgan fingerprint density at radius 3 is 2.42 bits per heavy atom. The lowest BCUT2D eigenvalue weighted by atomic mass is 10.1. The fourth-order valence-electron chi connectivity index (χ4n) is 2.21. The highest BCUT2D eigenvalue weighted by Gasteiger charge is 2.29. The molecule has 0 aromatic rings. The largest absolute Gasteiger partial charge is 0.384 e. The smallest absolute Gasteiger partial charge is 0.216 e. The topological polar surface area (TPSA) is 73.6 Å². The van der Waals surface area contributed by atoms with Gasteiger partial charge in [-0.15, -0.1) is 0 Å². The second kappa shape index (κ2) is 7.80. The fourth-order valence-corrected chi connectivity index (χ4v) is 3.57. The third-order valence-electron chi connectivity index (χ3n) is 3.36. The molecule has 0 spiro atoms. The molecule has 110 valence electrons. The van der Waals surface area contributed by atoms with E-state index >= 15 is 0 Å². The molecule has 1 aliphatic rings. The summed E-state index contributed by atoms with van der Waals surface area (Å²) in [5, 5.41) is 9.11. The molecule has 0 amide bonds.